The Morgan fingerprint density at radius 3 is 2.54 bits per heavy atom. The molecular weight excluding hydrogens is 605 g/mol. The topological polar surface area (TPSA) is 140 Å². The number of imidazole rings is 1. The number of nitrogens with two attached hydrogens (primary N) is 1. The van der Waals surface area contributed by atoms with Gasteiger partial charge in [-0.25, -0.2) is 14.5 Å². The van der Waals surface area contributed by atoms with E-state index in [1.54, 1.807) is 19.1 Å². The summed E-state index contributed by atoms with van der Waals surface area (Å²) >= 11 is 0. The fourth-order valence-electron chi connectivity index (χ4n) is 5.30. The van der Waals surface area contributed by atoms with Crippen LogP contribution in [0.5, 0.6) is 5.75 Å². The first-order chi connectivity index (χ1) is 22.3. The minimum atomic E-state index is -4.14. The smallest absolute Gasteiger partial charge is 0.459 e. The molecule has 0 saturated carbocycles. The van der Waals surface area contributed by atoms with Crippen molar-refractivity contribution in [1.29, 1.82) is 0 Å². The Kier molecular flexibility index (Phi) is 10.9. The van der Waals surface area contributed by atoms with Crippen LogP contribution in [0.2, 0.25) is 0 Å². The van der Waals surface area contributed by atoms with Gasteiger partial charge >= 0.3 is 13.7 Å². The number of para-hydroxylation sites is 1. The summed E-state index contributed by atoms with van der Waals surface area (Å²) in [5.74, 6) is 0.746. The maximum absolute atomic E-state index is 14.5. The molecule has 0 spiro atoms. The van der Waals surface area contributed by atoms with Crippen LogP contribution in [-0.4, -0.2) is 46.4 Å². The lowest BCUT2D eigenvalue weighted by Crippen LogP contribution is -2.35. The van der Waals surface area contributed by atoms with Crippen molar-refractivity contribution in [2.45, 2.75) is 65.6 Å². The van der Waals surface area contributed by atoms with E-state index >= 15 is 0 Å². The number of nitrogens with one attached hydrogen (secondary N) is 1. The van der Waals surface area contributed by atoms with Gasteiger partial charge in [-0.15, -0.1) is 0 Å². The normalized spacial score (nSPS) is 14.3. The van der Waals surface area contributed by atoms with Crippen molar-refractivity contribution in [1.82, 2.24) is 19.6 Å². The van der Waals surface area contributed by atoms with Gasteiger partial charge in [0.2, 0.25) is 0 Å². The first-order valence-electron chi connectivity index (χ1n) is 15.8. The third-order valence-electron chi connectivity index (χ3n) is 7.73. The van der Waals surface area contributed by atoms with E-state index in [2.05, 4.69) is 10.1 Å². The van der Waals surface area contributed by atoms with Gasteiger partial charge in [-0.1, -0.05) is 68.8 Å². The van der Waals surface area contributed by atoms with Gasteiger partial charge in [-0.2, -0.15) is 5.09 Å². The summed E-state index contributed by atoms with van der Waals surface area (Å²) in [6.45, 7) is 8.49. The van der Waals surface area contributed by atoms with Crippen molar-refractivity contribution < 1.29 is 27.9 Å². The Bertz CT molecular complexity index is 1860. The predicted molar refractivity (Wildman–Crippen MR) is 181 cm³/mol. The number of carbonyl (C=O) groups is 1. The van der Waals surface area contributed by atoms with E-state index in [-0.39, 0.29) is 25.9 Å². The Morgan fingerprint density at radius 2 is 1.78 bits per heavy atom. The first-order valence-corrected chi connectivity index (χ1v) is 17.3. The van der Waals surface area contributed by atoms with Crippen LogP contribution in [0.25, 0.3) is 32.7 Å². The number of hydrogen-bond donors (Lipinski definition) is 2. The SMILES string of the molecule is CCCCOC(=O)[C@H](C)NP(=O)(OC[C@H](CC)n1c(COCC)nc2c(N)nc3ccccc3c21)Oc1ccc2ccccc2c1. The summed E-state index contributed by atoms with van der Waals surface area (Å²) < 4.78 is 40.0. The molecular formula is C34H42N5O6P. The van der Waals surface area contributed by atoms with Gasteiger partial charge in [0.15, 0.2) is 5.82 Å². The highest BCUT2D eigenvalue weighted by Crippen LogP contribution is 2.47. The number of esters is 1. The maximum Gasteiger partial charge on any atom is 0.459 e. The lowest BCUT2D eigenvalue weighted by Gasteiger charge is -2.26. The van der Waals surface area contributed by atoms with Gasteiger partial charge in [0.1, 0.15) is 29.7 Å². The van der Waals surface area contributed by atoms with E-state index in [0.717, 1.165) is 40.0 Å². The molecule has 2 heterocycles. The maximum atomic E-state index is 14.5. The van der Waals surface area contributed by atoms with Crippen LogP contribution in [0.1, 0.15) is 58.8 Å². The Morgan fingerprint density at radius 1 is 1.02 bits per heavy atom. The molecule has 3 atom stereocenters. The number of rotatable bonds is 16. The van der Waals surface area contributed by atoms with Crippen LogP contribution in [-0.2, 0) is 30.0 Å². The molecule has 46 heavy (non-hydrogen) atoms. The van der Waals surface area contributed by atoms with Crippen LogP contribution in [0, 0.1) is 0 Å². The van der Waals surface area contributed by atoms with E-state index in [9.17, 15) is 9.36 Å². The minimum absolute atomic E-state index is 0.0346. The summed E-state index contributed by atoms with van der Waals surface area (Å²) in [7, 11) is -4.14. The highest BCUT2D eigenvalue weighted by molar-refractivity contribution is 7.52. The number of nitrogen functional groups attached to an aromatic ring is 1. The van der Waals surface area contributed by atoms with Crippen molar-refractivity contribution in [3.05, 3.63) is 72.6 Å². The van der Waals surface area contributed by atoms with E-state index in [4.69, 9.17) is 29.2 Å². The minimum Gasteiger partial charge on any atom is -0.465 e. The van der Waals surface area contributed by atoms with Crippen LogP contribution in [0.4, 0.5) is 5.82 Å². The Labute approximate surface area is 269 Å². The number of benzene rings is 3. The summed E-state index contributed by atoms with van der Waals surface area (Å²) in [6.07, 6.45) is 2.20. The number of pyridine rings is 1. The average molecular weight is 648 g/mol. The van der Waals surface area contributed by atoms with Crippen molar-refractivity contribution in [2.75, 3.05) is 25.6 Å². The molecule has 0 aliphatic rings. The second-order valence-corrected chi connectivity index (χ2v) is 12.8. The number of hydrogen-bond acceptors (Lipinski definition) is 9. The molecule has 0 saturated heterocycles. The number of nitrogens with zero attached hydrogens (tertiary/aromatic N) is 3. The van der Waals surface area contributed by atoms with E-state index in [1.165, 1.54) is 0 Å². The molecule has 0 fully saturated rings. The molecule has 5 rings (SSSR count). The van der Waals surface area contributed by atoms with Gasteiger partial charge in [0.05, 0.1) is 30.3 Å². The van der Waals surface area contributed by atoms with Crippen molar-refractivity contribution in [3.8, 4) is 5.75 Å². The van der Waals surface area contributed by atoms with Gasteiger partial charge in [0.25, 0.3) is 0 Å². The van der Waals surface area contributed by atoms with Crippen LogP contribution in [0.15, 0.2) is 66.7 Å². The van der Waals surface area contributed by atoms with Crippen LogP contribution >= 0.6 is 7.75 Å². The molecule has 0 bridgehead atoms. The molecule has 0 amide bonds. The van der Waals surface area contributed by atoms with E-state index in [1.807, 2.05) is 79.9 Å². The predicted octanol–water partition coefficient (Wildman–Crippen LogP) is 7.33. The summed E-state index contributed by atoms with van der Waals surface area (Å²) in [4.78, 5) is 22.2. The summed E-state index contributed by atoms with van der Waals surface area (Å²) in [5.41, 5.74) is 8.47. The fourth-order valence-corrected chi connectivity index (χ4v) is 6.82. The first kappa shape index (κ1) is 33.3. The third kappa shape index (κ3) is 7.50. The molecule has 244 valence electrons. The second kappa shape index (κ2) is 15.0. The zero-order valence-electron chi connectivity index (χ0n) is 26.8. The van der Waals surface area contributed by atoms with Crippen molar-refractivity contribution in [2.24, 2.45) is 0 Å². The van der Waals surface area contributed by atoms with E-state index < -0.39 is 19.8 Å². The molecule has 11 nitrogen and oxygen atoms in total. The third-order valence-corrected chi connectivity index (χ3v) is 9.37. The lowest BCUT2D eigenvalue weighted by atomic mass is 10.1. The fraction of sp³-hybridized carbons (Fsp3) is 0.382. The molecule has 2 aromatic heterocycles. The highest BCUT2D eigenvalue weighted by Gasteiger charge is 2.34. The molecule has 0 radical (unpaired) electrons. The molecule has 5 aromatic rings. The standard InChI is InChI=1S/C34H42N5O6P/c1-5-8-19-43-34(40)23(4)38-46(41,45-27-18-17-24-13-9-10-14-25(24)20-27)44-21-26(6-2)39-30(22-42-7-3)37-31-32(39)28-15-11-12-16-29(28)36-33(31)35/h9-18,20,23,26H,5-8,19,21-22H2,1-4H3,(H2,35,36)(H,38,41)/t23-,26-,46?/m0/s1. The average Bonchev–Trinajstić information content (AvgIpc) is 3.44. The zero-order chi connectivity index (χ0) is 32.7. The quantitative estimate of drug-likeness (QED) is 0.0635. The molecule has 1 unspecified atom stereocenters. The number of aromatic nitrogens is 3. The van der Waals surface area contributed by atoms with E-state index in [0.29, 0.717) is 35.9 Å². The lowest BCUT2D eigenvalue weighted by molar-refractivity contribution is -0.145. The number of fused-ring (bicyclic) bond motifs is 4. The molecule has 12 heteroatoms. The Hall–Kier alpha value is -4.02. The molecule has 3 N–H and O–H groups in total. The van der Waals surface area contributed by atoms with Crippen molar-refractivity contribution in [3.63, 3.8) is 0 Å². The second-order valence-electron chi connectivity index (χ2n) is 11.1. The number of anilines is 1. The molecule has 0 aliphatic carbocycles. The van der Waals surface area contributed by atoms with Gasteiger partial charge in [-0.05, 0) is 55.7 Å². The number of ether oxygens (including phenoxy) is 2. The van der Waals surface area contributed by atoms with Gasteiger partial charge < -0.3 is 24.3 Å². The highest BCUT2D eigenvalue weighted by atomic mass is 31.2. The molecule has 3 aromatic carbocycles. The van der Waals surface area contributed by atoms with Crippen LogP contribution < -0.4 is 15.3 Å². The van der Waals surface area contributed by atoms with Crippen molar-refractivity contribution >= 4 is 52.2 Å². The molecule has 0 aliphatic heterocycles. The number of unbranched alkanes of at least 4 members (excludes halogenated alkanes) is 1. The van der Waals surface area contributed by atoms with Gasteiger partial charge in [-0.3, -0.25) is 9.32 Å². The Balaban J connectivity index is 1.50. The summed E-state index contributed by atoms with van der Waals surface area (Å²) in [6, 6.07) is 19.6. The number of carbonyl (C=O) groups excluding carboxylic acids is 1. The largest absolute Gasteiger partial charge is 0.465 e. The monoisotopic (exact) mass is 647 g/mol. The van der Waals surface area contributed by atoms with Crippen LogP contribution in [0.3, 0.4) is 0 Å². The summed E-state index contributed by atoms with van der Waals surface area (Å²) in [5, 5.41) is 5.61. The van der Waals surface area contributed by atoms with Gasteiger partial charge in [0, 0.05) is 12.0 Å². The zero-order valence-corrected chi connectivity index (χ0v) is 27.7.